The number of aliphatic imine (C=N–C) groups is 1. The summed E-state index contributed by atoms with van der Waals surface area (Å²) in [4.78, 5) is 4.35. The highest BCUT2D eigenvalue weighted by atomic mass is 127. The van der Waals surface area contributed by atoms with Crippen molar-refractivity contribution in [2.24, 2.45) is 10.7 Å². The van der Waals surface area contributed by atoms with E-state index in [1.54, 1.807) is 0 Å². The molecular weight excluding hydrogens is 401 g/mol. The molecule has 3 N–H and O–H groups in total. The van der Waals surface area contributed by atoms with Crippen molar-refractivity contribution in [1.82, 2.24) is 0 Å². The number of ether oxygens (including phenoxy) is 1. The van der Waals surface area contributed by atoms with Crippen LogP contribution in [-0.2, 0) is 4.74 Å². The SMILES string of the molecule is I.NC(=NCCCCCOC1CCCCC1)Nc1ccccc1. The Morgan fingerprint density at radius 2 is 1.83 bits per heavy atom. The van der Waals surface area contributed by atoms with Gasteiger partial charge in [0.2, 0.25) is 0 Å². The van der Waals surface area contributed by atoms with E-state index in [9.17, 15) is 0 Å². The van der Waals surface area contributed by atoms with E-state index in [4.69, 9.17) is 10.5 Å². The fourth-order valence-electron chi connectivity index (χ4n) is 2.78. The number of hydrogen-bond acceptors (Lipinski definition) is 2. The monoisotopic (exact) mass is 431 g/mol. The molecule has 1 aliphatic rings. The third kappa shape index (κ3) is 9.15. The van der Waals surface area contributed by atoms with Gasteiger partial charge in [-0.15, -0.1) is 24.0 Å². The van der Waals surface area contributed by atoms with Gasteiger partial charge in [0.25, 0.3) is 0 Å². The summed E-state index contributed by atoms with van der Waals surface area (Å²) in [5.74, 6) is 0.490. The minimum atomic E-state index is 0. The number of rotatable bonds is 8. The molecule has 0 saturated heterocycles. The van der Waals surface area contributed by atoms with Gasteiger partial charge in [-0.2, -0.15) is 0 Å². The Bertz CT molecular complexity index is 433. The van der Waals surface area contributed by atoms with Gasteiger partial charge in [0.1, 0.15) is 0 Å². The maximum atomic E-state index is 5.92. The lowest BCUT2D eigenvalue weighted by Crippen LogP contribution is -2.22. The van der Waals surface area contributed by atoms with Crippen molar-refractivity contribution in [1.29, 1.82) is 0 Å². The van der Waals surface area contributed by atoms with Crippen molar-refractivity contribution in [2.45, 2.75) is 57.5 Å². The van der Waals surface area contributed by atoms with Crippen LogP contribution in [0.5, 0.6) is 0 Å². The van der Waals surface area contributed by atoms with Gasteiger partial charge < -0.3 is 15.8 Å². The molecule has 4 nitrogen and oxygen atoms in total. The topological polar surface area (TPSA) is 59.6 Å². The predicted molar refractivity (Wildman–Crippen MR) is 109 cm³/mol. The van der Waals surface area contributed by atoms with Crippen LogP contribution < -0.4 is 11.1 Å². The van der Waals surface area contributed by atoms with Crippen LogP contribution in [0.4, 0.5) is 5.69 Å². The molecule has 0 aliphatic heterocycles. The van der Waals surface area contributed by atoms with Crippen LogP contribution in [0, 0.1) is 0 Å². The average molecular weight is 431 g/mol. The number of nitrogens with two attached hydrogens (primary N) is 1. The number of anilines is 1. The molecule has 0 amide bonds. The number of nitrogens with one attached hydrogen (secondary N) is 1. The quantitative estimate of drug-likeness (QED) is 0.275. The van der Waals surface area contributed by atoms with Crippen LogP contribution >= 0.6 is 24.0 Å². The molecule has 1 aliphatic carbocycles. The Kier molecular flexibility index (Phi) is 11.1. The van der Waals surface area contributed by atoms with Crippen molar-refractivity contribution in [3.05, 3.63) is 30.3 Å². The molecule has 0 unspecified atom stereocenters. The molecule has 0 radical (unpaired) electrons. The van der Waals surface area contributed by atoms with E-state index in [2.05, 4.69) is 10.3 Å². The Morgan fingerprint density at radius 1 is 1.09 bits per heavy atom. The minimum Gasteiger partial charge on any atom is -0.378 e. The zero-order valence-corrected chi connectivity index (χ0v) is 16.2. The molecule has 1 fully saturated rings. The Morgan fingerprint density at radius 3 is 2.57 bits per heavy atom. The van der Waals surface area contributed by atoms with E-state index < -0.39 is 0 Å². The number of unbranched alkanes of at least 4 members (excludes halogenated alkanes) is 2. The summed E-state index contributed by atoms with van der Waals surface area (Å²) in [6, 6.07) is 9.88. The number of para-hydroxylation sites is 1. The summed E-state index contributed by atoms with van der Waals surface area (Å²) in [6.45, 7) is 1.67. The second kappa shape index (κ2) is 12.6. The summed E-state index contributed by atoms with van der Waals surface area (Å²) in [6.07, 6.45) is 10.4. The molecule has 0 bridgehead atoms. The van der Waals surface area contributed by atoms with Crippen molar-refractivity contribution in [3.63, 3.8) is 0 Å². The van der Waals surface area contributed by atoms with Gasteiger partial charge in [0, 0.05) is 18.8 Å². The molecule has 0 aromatic heterocycles. The van der Waals surface area contributed by atoms with Crippen LogP contribution in [-0.4, -0.2) is 25.2 Å². The van der Waals surface area contributed by atoms with Crippen molar-refractivity contribution >= 4 is 35.6 Å². The predicted octanol–water partition coefficient (Wildman–Crippen LogP) is 4.55. The van der Waals surface area contributed by atoms with Crippen LogP contribution in [0.2, 0.25) is 0 Å². The maximum Gasteiger partial charge on any atom is 0.193 e. The lowest BCUT2D eigenvalue weighted by Gasteiger charge is -2.21. The lowest BCUT2D eigenvalue weighted by molar-refractivity contribution is 0.0264. The van der Waals surface area contributed by atoms with E-state index in [1.165, 1.54) is 32.1 Å². The van der Waals surface area contributed by atoms with Gasteiger partial charge in [-0.25, -0.2) is 0 Å². The standard InChI is InChI=1S/C18H29N3O.HI/c19-18(21-16-10-4-1-5-11-16)20-14-8-3-9-15-22-17-12-6-2-7-13-17;/h1,4-5,10-11,17H,2-3,6-9,12-15H2,(H3,19,20,21);1H. The van der Waals surface area contributed by atoms with Crippen LogP contribution in [0.15, 0.2) is 35.3 Å². The highest BCUT2D eigenvalue weighted by Crippen LogP contribution is 2.20. The van der Waals surface area contributed by atoms with Gasteiger partial charge in [0.15, 0.2) is 5.96 Å². The van der Waals surface area contributed by atoms with E-state index in [1.807, 2.05) is 30.3 Å². The van der Waals surface area contributed by atoms with Gasteiger partial charge in [-0.3, -0.25) is 4.99 Å². The molecule has 23 heavy (non-hydrogen) atoms. The molecular formula is C18H30IN3O. The van der Waals surface area contributed by atoms with Crippen LogP contribution in [0.1, 0.15) is 51.4 Å². The first-order chi connectivity index (χ1) is 10.8. The first-order valence-electron chi connectivity index (χ1n) is 8.58. The van der Waals surface area contributed by atoms with Gasteiger partial charge >= 0.3 is 0 Å². The average Bonchev–Trinajstić information content (AvgIpc) is 2.56. The largest absolute Gasteiger partial charge is 0.378 e. The molecule has 5 heteroatoms. The Balaban J connectivity index is 0.00000264. The highest BCUT2D eigenvalue weighted by Gasteiger charge is 2.12. The zero-order valence-electron chi connectivity index (χ0n) is 13.9. The summed E-state index contributed by atoms with van der Waals surface area (Å²) in [5.41, 5.74) is 6.83. The first-order valence-corrected chi connectivity index (χ1v) is 8.58. The fourth-order valence-corrected chi connectivity index (χ4v) is 2.78. The molecule has 0 heterocycles. The van der Waals surface area contributed by atoms with E-state index >= 15 is 0 Å². The fraction of sp³-hybridized carbons (Fsp3) is 0.611. The van der Waals surface area contributed by atoms with Crippen molar-refractivity contribution in [3.8, 4) is 0 Å². The van der Waals surface area contributed by atoms with Crippen LogP contribution in [0.3, 0.4) is 0 Å². The zero-order chi connectivity index (χ0) is 15.5. The number of nitrogens with zero attached hydrogens (tertiary/aromatic N) is 1. The smallest absolute Gasteiger partial charge is 0.193 e. The normalized spacial score (nSPS) is 15.9. The van der Waals surface area contributed by atoms with E-state index in [0.717, 1.165) is 38.1 Å². The summed E-state index contributed by atoms with van der Waals surface area (Å²) >= 11 is 0. The Hall–Kier alpha value is -0.820. The molecule has 2 rings (SSSR count). The molecule has 1 aromatic carbocycles. The number of halogens is 1. The van der Waals surface area contributed by atoms with E-state index in [-0.39, 0.29) is 24.0 Å². The minimum absolute atomic E-state index is 0. The molecule has 0 atom stereocenters. The number of benzene rings is 1. The highest BCUT2D eigenvalue weighted by molar-refractivity contribution is 14.0. The summed E-state index contributed by atoms with van der Waals surface area (Å²) in [5, 5.41) is 3.09. The first kappa shape index (κ1) is 20.2. The number of hydrogen-bond donors (Lipinski definition) is 2. The maximum absolute atomic E-state index is 5.92. The number of guanidine groups is 1. The van der Waals surface area contributed by atoms with Crippen molar-refractivity contribution < 1.29 is 4.74 Å². The lowest BCUT2D eigenvalue weighted by atomic mass is 9.98. The molecule has 0 spiro atoms. The second-order valence-corrected chi connectivity index (χ2v) is 5.95. The summed E-state index contributed by atoms with van der Waals surface area (Å²) in [7, 11) is 0. The van der Waals surface area contributed by atoms with Gasteiger partial charge in [-0.05, 0) is 44.2 Å². The Labute approximate surface area is 157 Å². The second-order valence-electron chi connectivity index (χ2n) is 5.95. The van der Waals surface area contributed by atoms with Gasteiger partial charge in [-0.1, -0.05) is 37.5 Å². The third-order valence-corrected chi connectivity index (χ3v) is 4.04. The molecule has 1 aromatic rings. The van der Waals surface area contributed by atoms with Crippen molar-refractivity contribution in [2.75, 3.05) is 18.5 Å². The summed E-state index contributed by atoms with van der Waals surface area (Å²) < 4.78 is 5.92. The van der Waals surface area contributed by atoms with E-state index in [0.29, 0.717) is 12.1 Å². The third-order valence-electron chi connectivity index (χ3n) is 4.04. The molecule has 1 saturated carbocycles. The molecule has 130 valence electrons. The van der Waals surface area contributed by atoms with Crippen LogP contribution in [0.25, 0.3) is 0 Å². The van der Waals surface area contributed by atoms with Gasteiger partial charge in [0.05, 0.1) is 6.10 Å².